The minimum Gasteiger partial charge on any atom is -0.340 e. The smallest absolute Gasteiger partial charge is 0.236 e. The molecule has 30 heavy (non-hydrogen) atoms. The molecule has 1 aromatic rings. The molecule has 4 rings (SSSR count). The van der Waals surface area contributed by atoms with Crippen LogP contribution >= 0.6 is 24.8 Å². The van der Waals surface area contributed by atoms with Gasteiger partial charge >= 0.3 is 0 Å². The van der Waals surface area contributed by atoms with E-state index in [1.165, 1.54) is 5.56 Å². The van der Waals surface area contributed by atoms with Crippen molar-refractivity contribution in [1.82, 2.24) is 20.0 Å². The first-order valence-corrected chi connectivity index (χ1v) is 10.8. The summed E-state index contributed by atoms with van der Waals surface area (Å²) in [6.45, 7) is 6.43. The Morgan fingerprint density at radius 1 is 1.00 bits per heavy atom. The van der Waals surface area contributed by atoms with E-state index in [1.54, 1.807) is 0 Å². The molecule has 2 unspecified atom stereocenters. The van der Waals surface area contributed by atoms with Gasteiger partial charge in [-0.2, -0.15) is 0 Å². The number of likely N-dealkylation sites (tertiary alicyclic amines) is 2. The van der Waals surface area contributed by atoms with Crippen molar-refractivity contribution in [2.24, 2.45) is 5.92 Å². The summed E-state index contributed by atoms with van der Waals surface area (Å²) in [6, 6.07) is 10.7. The number of halogens is 2. The molecule has 0 spiro atoms. The molecule has 8 heteroatoms. The number of nitrogens with zero attached hydrogens (tertiary/aromatic N) is 3. The summed E-state index contributed by atoms with van der Waals surface area (Å²) in [5.74, 6) is 0.567. The topological polar surface area (TPSA) is 55.9 Å². The number of piperazine rings is 1. The molecule has 2 amide bonds. The van der Waals surface area contributed by atoms with E-state index in [1.807, 2.05) is 15.9 Å². The van der Waals surface area contributed by atoms with E-state index in [2.05, 4.69) is 34.5 Å². The molecule has 0 aliphatic carbocycles. The Bertz CT molecular complexity index is 691. The Balaban J connectivity index is 0.00000160. The molecule has 1 N–H and O–H groups in total. The third-order valence-electron chi connectivity index (χ3n) is 6.38. The van der Waals surface area contributed by atoms with Gasteiger partial charge in [-0.05, 0) is 37.8 Å². The van der Waals surface area contributed by atoms with Crippen molar-refractivity contribution < 1.29 is 9.59 Å². The number of hydrogen-bond acceptors (Lipinski definition) is 4. The lowest BCUT2D eigenvalue weighted by Gasteiger charge is -2.43. The zero-order valence-corrected chi connectivity index (χ0v) is 19.1. The molecule has 0 aromatic heterocycles. The maximum atomic E-state index is 13.2. The Hall–Kier alpha value is -1.34. The molecule has 3 fully saturated rings. The molecule has 2 atom stereocenters. The fourth-order valence-corrected chi connectivity index (χ4v) is 4.92. The number of hydrogen-bond donors (Lipinski definition) is 1. The third kappa shape index (κ3) is 6.10. The van der Waals surface area contributed by atoms with Crippen LogP contribution in [0.1, 0.15) is 31.2 Å². The first kappa shape index (κ1) is 24.9. The highest BCUT2D eigenvalue weighted by Gasteiger charge is 2.35. The fourth-order valence-electron chi connectivity index (χ4n) is 4.92. The lowest BCUT2D eigenvalue weighted by molar-refractivity contribution is -0.143. The lowest BCUT2D eigenvalue weighted by Crippen LogP contribution is -2.58. The van der Waals surface area contributed by atoms with Crippen molar-refractivity contribution in [3.63, 3.8) is 0 Å². The number of carbonyl (C=O) groups is 2. The zero-order valence-electron chi connectivity index (χ0n) is 17.5. The second kappa shape index (κ2) is 11.9. The van der Waals surface area contributed by atoms with Gasteiger partial charge in [-0.3, -0.25) is 14.5 Å². The van der Waals surface area contributed by atoms with Gasteiger partial charge < -0.3 is 15.1 Å². The number of carbonyl (C=O) groups excluding carboxylic acids is 2. The van der Waals surface area contributed by atoms with Gasteiger partial charge in [0.05, 0.1) is 12.5 Å². The number of piperidine rings is 2. The van der Waals surface area contributed by atoms with Crippen LogP contribution in [-0.4, -0.2) is 78.4 Å². The summed E-state index contributed by atoms with van der Waals surface area (Å²) in [5.41, 5.74) is 1.31. The predicted molar refractivity (Wildman–Crippen MR) is 123 cm³/mol. The molecule has 3 aliphatic rings. The van der Waals surface area contributed by atoms with E-state index in [9.17, 15) is 9.59 Å². The quantitative estimate of drug-likeness (QED) is 0.753. The fraction of sp³-hybridized carbons (Fsp3) is 0.636. The standard InChI is InChI=1S/C22H32N4O2.2ClH/c27-21-14-23-10-13-26(21)20-9-5-12-25(17-20)22(28)19-8-4-11-24(16-19)15-18-6-2-1-3-7-18;;/h1-3,6-7,19-20,23H,4-5,8-17H2;2*1H. The van der Waals surface area contributed by atoms with Gasteiger partial charge in [-0.25, -0.2) is 0 Å². The van der Waals surface area contributed by atoms with Crippen LogP contribution in [0, 0.1) is 5.92 Å². The number of benzene rings is 1. The zero-order chi connectivity index (χ0) is 19.3. The second-order valence-electron chi connectivity index (χ2n) is 8.40. The molecule has 1 aromatic carbocycles. The van der Waals surface area contributed by atoms with E-state index in [4.69, 9.17) is 0 Å². The molecule has 3 saturated heterocycles. The highest BCUT2D eigenvalue weighted by Crippen LogP contribution is 2.24. The van der Waals surface area contributed by atoms with Gasteiger partial charge in [0, 0.05) is 45.3 Å². The molecule has 6 nitrogen and oxygen atoms in total. The van der Waals surface area contributed by atoms with Crippen LogP contribution in [0.5, 0.6) is 0 Å². The van der Waals surface area contributed by atoms with Crippen LogP contribution in [-0.2, 0) is 16.1 Å². The van der Waals surface area contributed by atoms with Gasteiger partial charge in [0.1, 0.15) is 0 Å². The van der Waals surface area contributed by atoms with E-state index in [0.29, 0.717) is 19.0 Å². The van der Waals surface area contributed by atoms with E-state index >= 15 is 0 Å². The summed E-state index contributed by atoms with van der Waals surface area (Å²) in [7, 11) is 0. The minimum atomic E-state index is 0. The predicted octanol–water partition coefficient (Wildman–Crippen LogP) is 2.16. The number of rotatable bonds is 4. The SMILES string of the molecule is Cl.Cl.O=C(C1CCCN(Cc2ccccc2)C1)N1CCCC(N2CCNCC2=O)C1. The van der Waals surface area contributed by atoms with Gasteiger partial charge in [0.25, 0.3) is 0 Å². The first-order chi connectivity index (χ1) is 13.7. The number of amides is 2. The van der Waals surface area contributed by atoms with Crippen LogP contribution < -0.4 is 5.32 Å². The van der Waals surface area contributed by atoms with Crippen molar-refractivity contribution in [3.8, 4) is 0 Å². The Morgan fingerprint density at radius 3 is 2.53 bits per heavy atom. The highest BCUT2D eigenvalue weighted by molar-refractivity contribution is 5.85. The average Bonchev–Trinajstić information content (AvgIpc) is 2.74. The van der Waals surface area contributed by atoms with Gasteiger partial charge in [0.15, 0.2) is 0 Å². The van der Waals surface area contributed by atoms with Crippen LogP contribution in [0.2, 0.25) is 0 Å². The monoisotopic (exact) mass is 456 g/mol. The Morgan fingerprint density at radius 2 is 1.77 bits per heavy atom. The van der Waals surface area contributed by atoms with Gasteiger partial charge in [-0.15, -0.1) is 24.8 Å². The minimum absolute atomic E-state index is 0. The van der Waals surface area contributed by atoms with Crippen LogP contribution in [0.25, 0.3) is 0 Å². The van der Waals surface area contributed by atoms with E-state index in [0.717, 1.165) is 65.0 Å². The van der Waals surface area contributed by atoms with Crippen LogP contribution in [0.3, 0.4) is 0 Å². The third-order valence-corrected chi connectivity index (χ3v) is 6.38. The maximum Gasteiger partial charge on any atom is 0.236 e. The molecular weight excluding hydrogens is 423 g/mol. The molecule has 0 saturated carbocycles. The summed E-state index contributed by atoms with van der Waals surface area (Å²) in [6.07, 6.45) is 4.07. The Kier molecular flexibility index (Phi) is 9.88. The molecule has 3 heterocycles. The van der Waals surface area contributed by atoms with Crippen molar-refractivity contribution in [2.75, 3.05) is 45.8 Å². The number of nitrogens with one attached hydrogen (secondary N) is 1. The normalized spacial score (nSPS) is 25.3. The maximum absolute atomic E-state index is 13.2. The molecule has 0 bridgehead atoms. The highest BCUT2D eigenvalue weighted by atomic mass is 35.5. The van der Waals surface area contributed by atoms with Crippen molar-refractivity contribution in [1.29, 1.82) is 0 Å². The van der Waals surface area contributed by atoms with Crippen LogP contribution in [0.15, 0.2) is 30.3 Å². The molecule has 3 aliphatic heterocycles. The summed E-state index contributed by atoms with van der Waals surface area (Å²) >= 11 is 0. The summed E-state index contributed by atoms with van der Waals surface area (Å²) in [5, 5.41) is 3.14. The van der Waals surface area contributed by atoms with E-state index < -0.39 is 0 Å². The Labute approximate surface area is 192 Å². The van der Waals surface area contributed by atoms with Crippen molar-refractivity contribution in [3.05, 3.63) is 35.9 Å². The van der Waals surface area contributed by atoms with Gasteiger partial charge in [-0.1, -0.05) is 30.3 Å². The largest absolute Gasteiger partial charge is 0.340 e. The van der Waals surface area contributed by atoms with Gasteiger partial charge in [0.2, 0.25) is 11.8 Å². The summed E-state index contributed by atoms with van der Waals surface area (Å²) < 4.78 is 0. The molecular formula is C22H34Cl2N4O2. The molecule has 168 valence electrons. The van der Waals surface area contributed by atoms with Crippen molar-refractivity contribution >= 4 is 36.6 Å². The van der Waals surface area contributed by atoms with Crippen LogP contribution in [0.4, 0.5) is 0 Å². The average molecular weight is 457 g/mol. The van der Waals surface area contributed by atoms with E-state index in [-0.39, 0.29) is 42.7 Å². The second-order valence-corrected chi connectivity index (χ2v) is 8.40. The lowest BCUT2D eigenvalue weighted by atomic mass is 9.94. The van der Waals surface area contributed by atoms with Crippen molar-refractivity contribution in [2.45, 2.75) is 38.3 Å². The first-order valence-electron chi connectivity index (χ1n) is 10.8. The molecule has 0 radical (unpaired) electrons. The summed E-state index contributed by atoms with van der Waals surface area (Å²) in [4.78, 5) is 31.9.